The first-order valence-electron chi connectivity index (χ1n) is 8.51. The molecule has 1 aliphatic carbocycles. The molecule has 4 nitrogen and oxygen atoms in total. The van der Waals surface area contributed by atoms with Crippen LogP contribution in [0.4, 0.5) is 4.39 Å². The number of nitrogens with one attached hydrogen (secondary N) is 1. The maximum Gasteiger partial charge on any atom is 0.194 e. The van der Waals surface area contributed by atoms with Crippen molar-refractivity contribution in [3.8, 4) is 5.75 Å². The van der Waals surface area contributed by atoms with Gasteiger partial charge in [-0.2, -0.15) is 0 Å². The van der Waals surface area contributed by atoms with E-state index in [9.17, 15) is 4.39 Å². The Bertz CT molecular complexity index is 590. The molecule has 0 radical (unpaired) electrons. The van der Waals surface area contributed by atoms with Crippen LogP contribution in [-0.4, -0.2) is 37.6 Å². The summed E-state index contributed by atoms with van der Waals surface area (Å²) in [6, 6.07) is 5.03. The second-order valence-electron chi connectivity index (χ2n) is 6.66. The summed E-state index contributed by atoms with van der Waals surface area (Å²) in [6.45, 7) is 5.59. The van der Waals surface area contributed by atoms with E-state index in [-0.39, 0.29) is 35.5 Å². The highest BCUT2D eigenvalue weighted by Crippen LogP contribution is 2.47. The van der Waals surface area contributed by atoms with E-state index < -0.39 is 0 Å². The second-order valence-corrected chi connectivity index (χ2v) is 6.66. The van der Waals surface area contributed by atoms with Gasteiger partial charge in [0.15, 0.2) is 17.5 Å². The van der Waals surface area contributed by atoms with E-state index in [1.807, 2.05) is 6.07 Å². The molecule has 24 heavy (non-hydrogen) atoms. The number of hydrogen-bond donors (Lipinski definition) is 1. The average Bonchev–Trinajstić information content (AvgIpc) is 2.97. The molecular formula is C18H27FIN3O. The molecule has 0 unspecified atom stereocenters. The largest absolute Gasteiger partial charge is 0.494 e. The maximum atomic E-state index is 13.8. The van der Waals surface area contributed by atoms with Crippen molar-refractivity contribution in [3.63, 3.8) is 0 Å². The fourth-order valence-corrected chi connectivity index (χ4v) is 3.60. The predicted molar refractivity (Wildman–Crippen MR) is 106 cm³/mol. The van der Waals surface area contributed by atoms with Crippen LogP contribution in [0.3, 0.4) is 0 Å². The molecule has 1 N–H and O–H groups in total. The van der Waals surface area contributed by atoms with Crippen LogP contribution in [0.5, 0.6) is 5.75 Å². The Morgan fingerprint density at radius 3 is 2.71 bits per heavy atom. The third kappa shape index (κ3) is 4.13. The van der Waals surface area contributed by atoms with Gasteiger partial charge in [-0.15, -0.1) is 24.0 Å². The van der Waals surface area contributed by atoms with Crippen molar-refractivity contribution in [2.45, 2.75) is 39.2 Å². The molecule has 6 heteroatoms. The molecule has 1 saturated heterocycles. The smallest absolute Gasteiger partial charge is 0.194 e. The van der Waals surface area contributed by atoms with Gasteiger partial charge in [-0.1, -0.05) is 12.5 Å². The van der Waals surface area contributed by atoms with Crippen molar-refractivity contribution in [2.75, 3.05) is 26.7 Å². The van der Waals surface area contributed by atoms with Gasteiger partial charge in [0.2, 0.25) is 0 Å². The summed E-state index contributed by atoms with van der Waals surface area (Å²) in [4.78, 5) is 7.07. The lowest BCUT2D eigenvalue weighted by atomic mass is 9.68. The Balaban J connectivity index is 0.00000208. The van der Waals surface area contributed by atoms with Crippen LogP contribution in [0, 0.1) is 11.2 Å². The topological polar surface area (TPSA) is 36.9 Å². The summed E-state index contributed by atoms with van der Waals surface area (Å²) in [6.07, 6.45) is 5.35. The number of aliphatic imine (C=N–C) groups is 1. The summed E-state index contributed by atoms with van der Waals surface area (Å²) >= 11 is 0. The van der Waals surface area contributed by atoms with Crippen LogP contribution in [0.2, 0.25) is 0 Å². The van der Waals surface area contributed by atoms with Crippen molar-refractivity contribution >= 4 is 29.9 Å². The van der Waals surface area contributed by atoms with Crippen LogP contribution in [0.1, 0.15) is 38.2 Å². The highest BCUT2D eigenvalue weighted by Gasteiger charge is 2.43. The zero-order valence-electron chi connectivity index (χ0n) is 14.5. The fourth-order valence-electron chi connectivity index (χ4n) is 3.60. The van der Waals surface area contributed by atoms with Crippen molar-refractivity contribution in [1.29, 1.82) is 0 Å². The van der Waals surface area contributed by atoms with Crippen molar-refractivity contribution < 1.29 is 9.13 Å². The molecule has 0 bridgehead atoms. The van der Waals surface area contributed by atoms with Crippen molar-refractivity contribution in [3.05, 3.63) is 29.6 Å². The second kappa shape index (κ2) is 8.36. The Kier molecular flexibility index (Phi) is 6.71. The summed E-state index contributed by atoms with van der Waals surface area (Å²) in [7, 11) is 1.48. The molecule has 1 aromatic carbocycles. The van der Waals surface area contributed by atoms with E-state index in [0.717, 1.165) is 31.2 Å². The van der Waals surface area contributed by atoms with Crippen molar-refractivity contribution in [1.82, 2.24) is 10.2 Å². The maximum absolute atomic E-state index is 13.8. The van der Waals surface area contributed by atoms with Crippen LogP contribution < -0.4 is 10.1 Å². The minimum absolute atomic E-state index is 0. The summed E-state index contributed by atoms with van der Waals surface area (Å²) in [5.41, 5.74) is 1.40. The van der Waals surface area contributed by atoms with E-state index in [4.69, 9.17) is 9.73 Å². The van der Waals surface area contributed by atoms with E-state index in [2.05, 4.69) is 17.1 Å². The van der Waals surface area contributed by atoms with E-state index >= 15 is 0 Å². The number of methoxy groups -OCH3 is 1. The Morgan fingerprint density at radius 1 is 1.38 bits per heavy atom. The lowest BCUT2D eigenvalue weighted by molar-refractivity contribution is 0.151. The zero-order valence-corrected chi connectivity index (χ0v) is 16.8. The van der Waals surface area contributed by atoms with Gasteiger partial charge in [-0.05, 0) is 49.3 Å². The van der Waals surface area contributed by atoms with E-state index in [0.29, 0.717) is 12.0 Å². The number of hydrogen-bond acceptors (Lipinski definition) is 2. The third-order valence-electron chi connectivity index (χ3n) is 5.11. The summed E-state index contributed by atoms with van der Waals surface area (Å²) in [5, 5.41) is 3.38. The molecule has 1 saturated carbocycles. The zero-order chi connectivity index (χ0) is 16.3. The first-order chi connectivity index (χ1) is 11.2. The molecule has 1 aromatic rings. The normalized spacial score (nSPS) is 19.0. The quantitative estimate of drug-likeness (QED) is 0.434. The first kappa shape index (κ1) is 19.3. The first-order valence-corrected chi connectivity index (χ1v) is 8.51. The number of nitrogens with zero attached hydrogens (tertiary/aromatic N) is 2. The number of guanidine groups is 1. The van der Waals surface area contributed by atoms with Gasteiger partial charge >= 0.3 is 0 Å². The van der Waals surface area contributed by atoms with Gasteiger partial charge in [-0.25, -0.2) is 9.38 Å². The molecule has 3 rings (SSSR count). The molecule has 0 atom stereocenters. The van der Waals surface area contributed by atoms with Gasteiger partial charge in [-0.3, -0.25) is 0 Å². The minimum atomic E-state index is -0.334. The minimum Gasteiger partial charge on any atom is -0.494 e. The molecule has 1 aliphatic heterocycles. The molecule has 2 aliphatic rings. The van der Waals surface area contributed by atoms with Crippen LogP contribution >= 0.6 is 24.0 Å². The molecule has 1 heterocycles. The molecule has 2 fully saturated rings. The third-order valence-corrected chi connectivity index (χ3v) is 5.11. The summed E-state index contributed by atoms with van der Waals surface area (Å²) in [5.74, 6) is 0.892. The number of benzene rings is 1. The van der Waals surface area contributed by atoms with Crippen LogP contribution in [-0.2, 0) is 6.54 Å². The highest BCUT2D eigenvalue weighted by atomic mass is 127. The van der Waals surface area contributed by atoms with Crippen LogP contribution in [0.25, 0.3) is 0 Å². The number of likely N-dealkylation sites (tertiary alicyclic amines) is 1. The number of ether oxygens (including phenoxy) is 1. The highest BCUT2D eigenvalue weighted by molar-refractivity contribution is 14.0. The molecule has 134 valence electrons. The lowest BCUT2D eigenvalue weighted by Crippen LogP contribution is -2.42. The van der Waals surface area contributed by atoms with E-state index in [1.54, 1.807) is 6.07 Å². The van der Waals surface area contributed by atoms with Gasteiger partial charge in [0.05, 0.1) is 13.7 Å². The molecular weight excluding hydrogens is 420 g/mol. The lowest BCUT2D eigenvalue weighted by Gasteiger charge is -2.38. The Hall–Kier alpha value is -1.05. The van der Waals surface area contributed by atoms with Crippen LogP contribution in [0.15, 0.2) is 23.2 Å². The Morgan fingerprint density at radius 2 is 2.17 bits per heavy atom. The van der Waals surface area contributed by atoms with Gasteiger partial charge in [0, 0.05) is 19.6 Å². The molecule has 1 spiro atoms. The monoisotopic (exact) mass is 447 g/mol. The standard InChI is InChI=1S/C18H26FN3O.HI/c1-3-20-17(22-10-9-18(13-22)7-4-8-18)21-12-14-5-6-16(23-2)15(19)11-14;/h5-6,11H,3-4,7-10,12-13H2,1-2H3,(H,20,21);1H. The average molecular weight is 447 g/mol. The molecule has 0 aromatic heterocycles. The molecule has 0 amide bonds. The van der Waals surface area contributed by atoms with Crippen molar-refractivity contribution in [2.24, 2.45) is 10.4 Å². The van der Waals surface area contributed by atoms with E-state index in [1.165, 1.54) is 38.9 Å². The number of halogens is 2. The number of rotatable bonds is 4. The summed E-state index contributed by atoms with van der Waals surface area (Å²) < 4.78 is 18.7. The van der Waals surface area contributed by atoms with Gasteiger partial charge in [0.1, 0.15) is 0 Å². The predicted octanol–water partition coefficient (Wildman–Crippen LogP) is 3.79. The van der Waals surface area contributed by atoms with Gasteiger partial charge in [0.25, 0.3) is 0 Å². The fraction of sp³-hybridized carbons (Fsp3) is 0.611. The SMILES string of the molecule is CCNC(=NCc1ccc(OC)c(F)c1)N1CCC2(CCC2)C1.I. The Labute approximate surface area is 160 Å². The van der Waals surface area contributed by atoms with Gasteiger partial charge < -0.3 is 15.0 Å².